The van der Waals surface area contributed by atoms with Crippen molar-refractivity contribution in [1.29, 1.82) is 0 Å². The van der Waals surface area contributed by atoms with Gasteiger partial charge in [0.2, 0.25) is 0 Å². The molecule has 0 aliphatic carbocycles. The molecule has 0 fully saturated rings. The standard InChI is InChI=1S/C11H11BrFN3O2/c12-8(5-9(13)6-17)7-18-16-11-4-2-1-3-10(11)14-15-16/h1-4,6,8-9H,5,7H2/t8-,9+/m1/s1. The number of para-hydroxylation sites is 1. The summed E-state index contributed by atoms with van der Waals surface area (Å²) in [5.41, 5.74) is 1.46. The first-order chi connectivity index (χ1) is 8.70. The smallest absolute Gasteiger partial charge is 0.156 e. The fraction of sp³-hybridized carbons (Fsp3) is 0.364. The second-order valence-corrected chi connectivity index (χ2v) is 5.03. The molecule has 18 heavy (non-hydrogen) atoms. The van der Waals surface area contributed by atoms with Gasteiger partial charge in [-0.2, -0.15) is 0 Å². The average molecular weight is 316 g/mol. The minimum Gasteiger partial charge on any atom is -0.394 e. The van der Waals surface area contributed by atoms with Gasteiger partial charge in [-0.25, -0.2) is 4.39 Å². The number of halogens is 2. The SMILES string of the molecule is O=C[C@@H](F)C[C@@H](Br)COn1nnc2ccccc21. The van der Waals surface area contributed by atoms with Gasteiger partial charge in [0, 0.05) is 6.42 Å². The van der Waals surface area contributed by atoms with Crippen molar-refractivity contribution in [1.82, 2.24) is 15.2 Å². The average Bonchev–Trinajstić information content (AvgIpc) is 2.79. The van der Waals surface area contributed by atoms with Gasteiger partial charge in [-0.1, -0.05) is 32.9 Å². The van der Waals surface area contributed by atoms with E-state index in [1.165, 1.54) is 4.85 Å². The van der Waals surface area contributed by atoms with Crippen LogP contribution in [0.25, 0.3) is 11.0 Å². The predicted octanol–water partition coefficient (Wildman–Crippen LogP) is 1.55. The van der Waals surface area contributed by atoms with Crippen LogP contribution < -0.4 is 4.84 Å². The lowest BCUT2D eigenvalue weighted by Gasteiger charge is -2.10. The van der Waals surface area contributed by atoms with Crippen LogP contribution in [0.2, 0.25) is 0 Å². The molecule has 0 saturated heterocycles. The van der Waals surface area contributed by atoms with Gasteiger partial charge in [0.15, 0.2) is 12.5 Å². The quantitative estimate of drug-likeness (QED) is 0.599. The van der Waals surface area contributed by atoms with E-state index in [-0.39, 0.29) is 24.1 Å². The van der Waals surface area contributed by atoms with Crippen LogP contribution in [0.3, 0.4) is 0 Å². The van der Waals surface area contributed by atoms with Crippen LogP contribution >= 0.6 is 15.9 Å². The van der Waals surface area contributed by atoms with Crippen molar-refractivity contribution < 1.29 is 14.0 Å². The van der Waals surface area contributed by atoms with E-state index in [1.807, 2.05) is 24.3 Å². The summed E-state index contributed by atoms with van der Waals surface area (Å²) in [5.74, 6) is 0. The Morgan fingerprint density at radius 2 is 2.28 bits per heavy atom. The Morgan fingerprint density at radius 1 is 1.50 bits per heavy atom. The summed E-state index contributed by atoms with van der Waals surface area (Å²) >= 11 is 3.24. The lowest BCUT2D eigenvalue weighted by atomic mass is 10.2. The number of alkyl halides is 2. The van der Waals surface area contributed by atoms with E-state index < -0.39 is 6.17 Å². The second-order valence-electron chi connectivity index (χ2n) is 3.73. The van der Waals surface area contributed by atoms with Crippen molar-refractivity contribution in [3.63, 3.8) is 0 Å². The topological polar surface area (TPSA) is 57.0 Å². The molecule has 0 unspecified atom stereocenters. The van der Waals surface area contributed by atoms with E-state index in [2.05, 4.69) is 26.2 Å². The second kappa shape index (κ2) is 5.90. The minimum atomic E-state index is -1.48. The van der Waals surface area contributed by atoms with E-state index >= 15 is 0 Å². The molecule has 1 aromatic carbocycles. The van der Waals surface area contributed by atoms with Gasteiger partial charge in [0.1, 0.15) is 17.6 Å². The fourth-order valence-electron chi connectivity index (χ4n) is 1.46. The van der Waals surface area contributed by atoms with Crippen molar-refractivity contribution in [2.24, 2.45) is 0 Å². The van der Waals surface area contributed by atoms with Gasteiger partial charge in [-0.05, 0) is 17.3 Å². The molecule has 1 heterocycles. The van der Waals surface area contributed by atoms with Crippen LogP contribution in [0.15, 0.2) is 24.3 Å². The largest absolute Gasteiger partial charge is 0.394 e. The van der Waals surface area contributed by atoms with Gasteiger partial charge in [0.05, 0.1) is 4.83 Å². The molecule has 0 N–H and O–H groups in total. The lowest BCUT2D eigenvalue weighted by molar-refractivity contribution is -0.112. The summed E-state index contributed by atoms with van der Waals surface area (Å²) < 4.78 is 12.8. The molecule has 2 atom stereocenters. The summed E-state index contributed by atoms with van der Waals surface area (Å²) in [7, 11) is 0. The van der Waals surface area contributed by atoms with E-state index in [0.717, 1.165) is 11.0 Å². The minimum absolute atomic E-state index is 0.0656. The van der Waals surface area contributed by atoms with Crippen molar-refractivity contribution >= 4 is 33.2 Å². The Kier molecular flexibility index (Phi) is 4.24. The summed E-state index contributed by atoms with van der Waals surface area (Å²) in [5, 5.41) is 7.74. The summed E-state index contributed by atoms with van der Waals surface area (Å²) in [6.07, 6.45) is -1.14. The van der Waals surface area contributed by atoms with E-state index in [9.17, 15) is 9.18 Å². The first-order valence-corrected chi connectivity index (χ1v) is 6.29. The van der Waals surface area contributed by atoms with E-state index in [0.29, 0.717) is 0 Å². The maximum Gasteiger partial charge on any atom is 0.156 e. The summed E-state index contributed by atoms with van der Waals surface area (Å²) in [6.45, 7) is 0.196. The Bertz CT molecular complexity index is 534. The number of aldehydes is 1. The first-order valence-electron chi connectivity index (χ1n) is 5.38. The number of nitrogens with zero attached hydrogens (tertiary/aromatic N) is 3. The lowest BCUT2D eigenvalue weighted by Crippen LogP contribution is -2.23. The zero-order valence-corrected chi connectivity index (χ0v) is 11.0. The Labute approximate surface area is 111 Å². The molecule has 0 spiro atoms. The third kappa shape index (κ3) is 3.04. The Hall–Kier alpha value is -1.50. The van der Waals surface area contributed by atoms with E-state index in [1.54, 1.807) is 0 Å². The highest BCUT2D eigenvalue weighted by atomic mass is 79.9. The zero-order valence-electron chi connectivity index (χ0n) is 9.37. The van der Waals surface area contributed by atoms with Gasteiger partial charge in [-0.3, -0.25) is 0 Å². The van der Waals surface area contributed by atoms with Gasteiger partial charge < -0.3 is 9.63 Å². The molecule has 0 radical (unpaired) electrons. The number of carbonyl (C=O) groups excluding carboxylic acids is 1. The van der Waals surface area contributed by atoms with Crippen molar-refractivity contribution in [3.8, 4) is 0 Å². The molecule has 1 aromatic heterocycles. The van der Waals surface area contributed by atoms with Crippen LogP contribution in [0.5, 0.6) is 0 Å². The number of fused-ring (bicyclic) bond motifs is 1. The normalized spacial score (nSPS) is 14.3. The monoisotopic (exact) mass is 315 g/mol. The third-order valence-electron chi connectivity index (χ3n) is 2.33. The highest BCUT2D eigenvalue weighted by Crippen LogP contribution is 2.11. The van der Waals surface area contributed by atoms with Crippen LogP contribution in [-0.4, -0.2) is 39.0 Å². The fourth-order valence-corrected chi connectivity index (χ4v) is 1.94. The number of carbonyl (C=O) groups is 1. The number of benzene rings is 1. The van der Waals surface area contributed by atoms with Gasteiger partial charge >= 0.3 is 0 Å². The zero-order chi connectivity index (χ0) is 13.0. The van der Waals surface area contributed by atoms with Crippen LogP contribution in [0.1, 0.15) is 6.42 Å². The van der Waals surface area contributed by atoms with Crippen LogP contribution in [0.4, 0.5) is 4.39 Å². The van der Waals surface area contributed by atoms with Gasteiger partial charge in [-0.15, -0.1) is 5.10 Å². The number of aromatic nitrogens is 3. The van der Waals surface area contributed by atoms with Crippen molar-refractivity contribution in [2.45, 2.75) is 17.4 Å². The maximum absolute atomic E-state index is 12.8. The highest BCUT2D eigenvalue weighted by molar-refractivity contribution is 9.09. The summed E-state index contributed by atoms with van der Waals surface area (Å²) in [6, 6.07) is 7.34. The molecule has 96 valence electrons. The molecular weight excluding hydrogens is 305 g/mol. The molecule has 0 saturated carbocycles. The first kappa shape index (κ1) is 12.9. The molecule has 2 aromatic rings. The molecule has 0 bridgehead atoms. The number of hydrogen-bond donors (Lipinski definition) is 0. The number of hydrogen-bond acceptors (Lipinski definition) is 4. The Balaban J connectivity index is 1.96. The van der Waals surface area contributed by atoms with Crippen molar-refractivity contribution in [2.75, 3.05) is 6.61 Å². The highest BCUT2D eigenvalue weighted by Gasteiger charge is 2.14. The predicted molar refractivity (Wildman–Crippen MR) is 67.3 cm³/mol. The number of rotatable bonds is 6. The molecule has 2 rings (SSSR count). The van der Waals surface area contributed by atoms with Crippen LogP contribution in [0, 0.1) is 0 Å². The molecule has 5 nitrogen and oxygen atoms in total. The van der Waals surface area contributed by atoms with Crippen LogP contribution in [-0.2, 0) is 4.79 Å². The molecule has 0 aliphatic rings. The molecule has 0 amide bonds. The van der Waals surface area contributed by atoms with Crippen molar-refractivity contribution in [3.05, 3.63) is 24.3 Å². The summed E-state index contributed by atoms with van der Waals surface area (Å²) in [4.78, 5) is 16.6. The molecule has 0 aliphatic heterocycles. The third-order valence-corrected chi connectivity index (χ3v) is 2.97. The van der Waals surface area contributed by atoms with Gasteiger partial charge in [0.25, 0.3) is 0 Å². The molecular formula is C11H11BrFN3O2. The Morgan fingerprint density at radius 3 is 3.06 bits per heavy atom. The maximum atomic E-state index is 12.8. The van der Waals surface area contributed by atoms with E-state index in [4.69, 9.17) is 4.84 Å². The molecule has 7 heteroatoms.